The van der Waals surface area contributed by atoms with Crippen LogP contribution in [0.3, 0.4) is 0 Å². The lowest BCUT2D eigenvalue weighted by Gasteiger charge is -2.28. The SMILES string of the molecule is CCC1CCCC(O)(c2ccc(OC)cc2F)CC1. The van der Waals surface area contributed by atoms with E-state index in [1.165, 1.54) is 13.2 Å². The molecule has 1 saturated carbocycles. The Morgan fingerprint density at radius 2 is 2.16 bits per heavy atom. The Labute approximate surface area is 114 Å². The van der Waals surface area contributed by atoms with Crippen molar-refractivity contribution in [2.75, 3.05) is 7.11 Å². The monoisotopic (exact) mass is 266 g/mol. The molecule has 19 heavy (non-hydrogen) atoms. The van der Waals surface area contributed by atoms with Crippen LogP contribution in [0.25, 0.3) is 0 Å². The number of hydrogen-bond acceptors (Lipinski definition) is 2. The fourth-order valence-electron chi connectivity index (χ4n) is 3.07. The molecular formula is C16H23FO2. The van der Waals surface area contributed by atoms with Crippen LogP contribution in [0.5, 0.6) is 5.75 Å². The van der Waals surface area contributed by atoms with Crippen LogP contribution in [-0.2, 0) is 5.60 Å². The zero-order chi connectivity index (χ0) is 13.9. The molecule has 2 nitrogen and oxygen atoms in total. The number of rotatable bonds is 3. The van der Waals surface area contributed by atoms with Crippen molar-refractivity contribution in [3.05, 3.63) is 29.6 Å². The van der Waals surface area contributed by atoms with E-state index in [2.05, 4.69) is 6.92 Å². The molecule has 2 atom stereocenters. The maximum Gasteiger partial charge on any atom is 0.132 e. The highest BCUT2D eigenvalue weighted by Crippen LogP contribution is 2.40. The Hall–Kier alpha value is -1.09. The first-order valence-corrected chi connectivity index (χ1v) is 7.15. The molecule has 0 saturated heterocycles. The molecule has 0 spiro atoms. The number of benzene rings is 1. The van der Waals surface area contributed by atoms with Crippen molar-refractivity contribution in [3.63, 3.8) is 0 Å². The van der Waals surface area contributed by atoms with Gasteiger partial charge in [-0.2, -0.15) is 0 Å². The molecule has 2 rings (SSSR count). The van der Waals surface area contributed by atoms with Crippen LogP contribution in [0.1, 0.15) is 51.0 Å². The molecule has 106 valence electrons. The van der Waals surface area contributed by atoms with E-state index < -0.39 is 5.60 Å². The van der Waals surface area contributed by atoms with E-state index >= 15 is 0 Å². The predicted octanol–water partition coefficient (Wildman–Crippen LogP) is 4.01. The van der Waals surface area contributed by atoms with E-state index in [0.717, 1.165) is 25.7 Å². The molecule has 3 heteroatoms. The van der Waals surface area contributed by atoms with Crippen molar-refractivity contribution < 1.29 is 14.2 Å². The predicted molar refractivity (Wildman–Crippen MR) is 73.7 cm³/mol. The Morgan fingerprint density at radius 3 is 2.79 bits per heavy atom. The average Bonchev–Trinajstić information content (AvgIpc) is 2.61. The fraction of sp³-hybridized carbons (Fsp3) is 0.625. The molecule has 1 aliphatic carbocycles. The summed E-state index contributed by atoms with van der Waals surface area (Å²) in [5, 5.41) is 10.8. The highest BCUT2D eigenvalue weighted by atomic mass is 19.1. The lowest BCUT2D eigenvalue weighted by Crippen LogP contribution is -2.26. The Balaban J connectivity index is 2.24. The van der Waals surface area contributed by atoms with Crippen LogP contribution in [0, 0.1) is 11.7 Å². The molecule has 0 heterocycles. The van der Waals surface area contributed by atoms with Gasteiger partial charge in [0.05, 0.1) is 12.7 Å². The van der Waals surface area contributed by atoms with Crippen LogP contribution in [0.4, 0.5) is 4.39 Å². The van der Waals surface area contributed by atoms with Crippen molar-refractivity contribution >= 4 is 0 Å². The van der Waals surface area contributed by atoms with Crippen LogP contribution < -0.4 is 4.74 Å². The second-order valence-electron chi connectivity index (χ2n) is 5.58. The minimum Gasteiger partial charge on any atom is -0.497 e. The summed E-state index contributed by atoms with van der Waals surface area (Å²) in [5.41, 5.74) is -0.592. The maximum atomic E-state index is 14.1. The summed E-state index contributed by atoms with van der Waals surface area (Å²) >= 11 is 0. The van der Waals surface area contributed by atoms with Crippen LogP contribution >= 0.6 is 0 Å². The Bertz CT molecular complexity index is 433. The van der Waals surface area contributed by atoms with E-state index in [1.54, 1.807) is 12.1 Å². The lowest BCUT2D eigenvalue weighted by atomic mass is 9.85. The third-order valence-corrected chi connectivity index (χ3v) is 4.42. The molecule has 1 aliphatic rings. The van der Waals surface area contributed by atoms with Gasteiger partial charge in [-0.1, -0.05) is 19.8 Å². The molecule has 2 unspecified atom stereocenters. The zero-order valence-corrected chi connectivity index (χ0v) is 11.8. The van der Waals surface area contributed by atoms with Gasteiger partial charge in [0, 0.05) is 11.6 Å². The van der Waals surface area contributed by atoms with Crippen LogP contribution in [0.15, 0.2) is 18.2 Å². The first-order valence-electron chi connectivity index (χ1n) is 7.15. The standard InChI is InChI=1S/C16H23FO2/c1-3-12-5-4-9-16(18,10-8-12)14-7-6-13(19-2)11-15(14)17/h6-7,11-12,18H,3-5,8-10H2,1-2H3. The number of methoxy groups -OCH3 is 1. The highest BCUT2D eigenvalue weighted by molar-refractivity contribution is 5.32. The second-order valence-corrected chi connectivity index (χ2v) is 5.58. The molecule has 1 aromatic carbocycles. The largest absolute Gasteiger partial charge is 0.497 e. The number of hydrogen-bond donors (Lipinski definition) is 1. The summed E-state index contributed by atoms with van der Waals surface area (Å²) in [6, 6.07) is 4.74. The van der Waals surface area contributed by atoms with Crippen molar-refractivity contribution in [2.24, 2.45) is 5.92 Å². The summed E-state index contributed by atoms with van der Waals surface area (Å²) in [5.74, 6) is 0.789. The quantitative estimate of drug-likeness (QED) is 0.837. The third-order valence-electron chi connectivity index (χ3n) is 4.42. The van der Waals surface area contributed by atoms with Gasteiger partial charge in [-0.3, -0.25) is 0 Å². The molecule has 0 radical (unpaired) electrons. The van der Waals surface area contributed by atoms with Gasteiger partial charge in [-0.15, -0.1) is 0 Å². The van der Waals surface area contributed by atoms with E-state index in [1.807, 2.05) is 0 Å². The fourth-order valence-corrected chi connectivity index (χ4v) is 3.07. The highest BCUT2D eigenvalue weighted by Gasteiger charge is 2.34. The molecule has 1 aromatic rings. The van der Waals surface area contributed by atoms with Gasteiger partial charge in [0.2, 0.25) is 0 Å². The average molecular weight is 266 g/mol. The first kappa shape index (κ1) is 14.3. The van der Waals surface area contributed by atoms with Crippen LogP contribution in [0.2, 0.25) is 0 Å². The molecule has 0 bridgehead atoms. The van der Waals surface area contributed by atoms with Gasteiger partial charge < -0.3 is 9.84 Å². The van der Waals surface area contributed by atoms with E-state index in [9.17, 15) is 9.50 Å². The molecule has 0 aromatic heterocycles. The van der Waals surface area contributed by atoms with Gasteiger partial charge in [0.25, 0.3) is 0 Å². The molecule has 1 fully saturated rings. The topological polar surface area (TPSA) is 29.5 Å². The second kappa shape index (κ2) is 5.91. The zero-order valence-electron chi connectivity index (χ0n) is 11.8. The Kier molecular flexibility index (Phi) is 4.46. The van der Waals surface area contributed by atoms with Crippen molar-refractivity contribution in [1.82, 2.24) is 0 Å². The summed E-state index contributed by atoms with van der Waals surface area (Å²) in [6.07, 6.45) is 5.50. The van der Waals surface area contributed by atoms with Gasteiger partial charge in [0.15, 0.2) is 0 Å². The lowest BCUT2D eigenvalue weighted by molar-refractivity contribution is 0.0161. The van der Waals surface area contributed by atoms with E-state index in [0.29, 0.717) is 30.1 Å². The summed E-state index contributed by atoms with van der Waals surface area (Å²) in [4.78, 5) is 0. The number of ether oxygens (including phenoxy) is 1. The van der Waals surface area contributed by atoms with Gasteiger partial charge >= 0.3 is 0 Å². The normalized spacial score (nSPS) is 27.9. The van der Waals surface area contributed by atoms with E-state index in [-0.39, 0.29) is 5.82 Å². The molecule has 1 N–H and O–H groups in total. The smallest absolute Gasteiger partial charge is 0.132 e. The summed E-state index contributed by atoms with van der Waals surface area (Å²) in [7, 11) is 1.51. The minimum atomic E-state index is -1.01. The number of aliphatic hydroxyl groups is 1. The third kappa shape index (κ3) is 3.08. The Morgan fingerprint density at radius 1 is 1.37 bits per heavy atom. The van der Waals surface area contributed by atoms with Gasteiger partial charge in [-0.05, 0) is 43.7 Å². The van der Waals surface area contributed by atoms with Crippen molar-refractivity contribution in [2.45, 2.75) is 51.0 Å². The molecule has 0 amide bonds. The molecular weight excluding hydrogens is 243 g/mol. The van der Waals surface area contributed by atoms with Crippen molar-refractivity contribution in [3.8, 4) is 5.75 Å². The van der Waals surface area contributed by atoms with Crippen LogP contribution in [-0.4, -0.2) is 12.2 Å². The minimum absolute atomic E-state index is 0.364. The maximum absolute atomic E-state index is 14.1. The molecule has 0 aliphatic heterocycles. The van der Waals surface area contributed by atoms with Gasteiger partial charge in [-0.25, -0.2) is 4.39 Å². The summed E-state index contributed by atoms with van der Waals surface area (Å²) in [6.45, 7) is 2.18. The number of halogens is 1. The van der Waals surface area contributed by atoms with E-state index in [4.69, 9.17) is 4.74 Å². The van der Waals surface area contributed by atoms with Crippen molar-refractivity contribution in [1.29, 1.82) is 0 Å². The summed E-state index contributed by atoms with van der Waals surface area (Å²) < 4.78 is 19.1. The van der Waals surface area contributed by atoms with Gasteiger partial charge in [0.1, 0.15) is 11.6 Å². The first-order chi connectivity index (χ1) is 9.09.